The third-order valence-corrected chi connectivity index (χ3v) is 2.85. The third-order valence-electron chi connectivity index (χ3n) is 2.85. The Kier molecular flexibility index (Phi) is 2.76. The number of nitrogens with zero attached hydrogens (tertiary/aromatic N) is 1. The van der Waals surface area contributed by atoms with Crippen molar-refractivity contribution in [1.82, 2.24) is 0 Å². The van der Waals surface area contributed by atoms with Crippen LogP contribution >= 0.6 is 0 Å². The fourth-order valence-electron chi connectivity index (χ4n) is 1.94. The van der Waals surface area contributed by atoms with Crippen LogP contribution in [0.15, 0.2) is 5.16 Å². The molecule has 2 heteroatoms. The molecule has 0 spiro atoms. The molecule has 0 radical (unpaired) electrons. The molecule has 1 saturated carbocycles. The van der Waals surface area contributed by atoms with Crippen molar-refractivity contribution < 1.29 is 5.21 Å². The summed E-state index contributed by atoms with van der Waals surface area (Å²) in [6, 6.07) is 0. The number of hydrogen-bond donors (Lipinski definition) is 1. The van der Waals surface area contributed by atoms with E-state index >= 15 is 0 Å². The van der Waals surface area contributed by atoms with Gasteiger partial charge in [0, 0.05) is 0 Å². The molecule has 0 aliphatic heterocycles. The van der Waals surface area contributed by atoms with Crippen molar-refractivity contribution in [3.63, 3.8) is 0 Å². The lowest BCUT2D eigenvalue weighted by Gasteiger charge is -2.21. The Hall–Kier alpha value is -0.530. The highest BCUT2D eigenvalue weighted by Gasteiger charge is 2.27. The van der Waals surface area contributed by atoms with Crippen molar-refractivity contribution in [3.05, 3.63) is 0 Å². The lowest BCUT2D eigenvalue weighted by molar-refractivity contribution is 0.305. The van der Waals surface area contributed by atoms with Crippen LogP contribution in [0, 0.1) is 11.3 Å². The van der Waals surface area contributed by atoms with Crippen LogP contribution in [0.3, 0.4) is 0 Å². The summed E-state index contributed by atoms with van der Waals surface area (Å²) in [5.41, 5.74) is 1.31. The highest BCUT2D eigenvalue weighted by Crippen LogP contribution is 2.34. The number of hydrogen-bond acceptors (Lipinski definition) is 2. The van der Waals surface area contributed by atoms with Gasteiger partial charge in [0.25, 0.3) is 0 Å². The monoisotopic (exact) mass is 169 g/mol. The second-order valence-corrected chi connectivity index (χ2v) is 4.73. The predicted octanol–water partition coefficient (Wildman–Crippen LogP) is 3.05. The molecule has 1 atom stereocenters. The first-order chi connectivity index (χ1) is 5.55. The van der Waals surface area contributed by atoms with Gasteiger partial charge in [-0.15, -0.1) is 0 Å². The standard InChI is InChI=1S/C10H19NO/c1-8-5-4-6-10(2,3)7-9(8)11-12/h8,12H,4-7H2,1-3H3. The van der Waals surface area contributed by atoms with Crippen LogP contribution in [0.4, 0.5) is 0 Å². The van der Waals surface area contributed by atoms with Crippen LogP contribution in [0.1, 0.15) is 46.5 Å². The minimum atomic E-state index is 0.326. The van der Waals surface area contributed by atoms with Crippen molar-refractivity contribution >= 4 is 5.71 Å². The Labute approximate surface area is 74.7 Å². The molecule has 1 fully saturated rings. The zero-order chi connectivity index (χ0) is 9.19. The first-order valence-corrected chi connectivity index (χ1v) is 4.76. The molecule has 0 saturated heterocycles. The van der Waals surface area contributed by atoms with Crippen molar-refractivity contribution in [2.75, 3.05) is 0 Å². The summed E-state index contributed by atoms with van der Waals surface area (Å²) < 4.78 is 0. The van der Waals surface area contributed by atoms with Crippen LogP contribution in [0.5, 0.6) is 0 Å². The van der Waals surface area contributed by atoms with Crippen LogP contribution in [-0.4, -0.2) is 10.9 Å². The summed E-state index contributed by atoms with van der Waals surface area (Å²) in [6.45, 7) is 6.64. The maximum atomic E-state index is 8.81. The maximum absolute atomic E-state index is 8.81. The van der Waals surface area contributed by atoms with Gasteiger partial charge in [-0.05, 0) is 30.6 Å². The fraction of sp³-hybridized carbons (Fsp3) is 0.900. The topological polar surface area (TPSA) is 32.6 Å². The summed E-state index contributed by atoms with van der Waals surface area (Å²) in [4.78, 5) is 0. The molecule has 0 heterocycles. The quantitative estimate of drug-likeness (QED) is 0.337. The van der Waals surface area contributed by atoms with E-state index in [1.54, 1.807) is 0 Å². The molecule has 2 nitrogen and oxygen atoms in total. The summed E-state index contributed by atoms with van der Waals surface area (Å²) >= 11 is 0. The van der Waals surface area contributed by atoms with E-state index in [1.807, 2.05) is 0 Å². The van der Waals surface area contributed by atoms with Gasteiger partial charge in [-0.25, -0.2) is 0 Å². The lowest BCUT2D eigenvalue weighted by Crippen LogP contribution is -2.17. The molecule has 0 aromatic rings. The fourth-order valence-corrected chi connectivity index (χ4v) is 1.94. The largest absolute Gasteiger partial charge is 0.411 e. The van der Waals surface area contributed by atoms with E-state index in [0.717, 1.165) is 12.1 Å². The van der Waals surface area contributed by atoms with E-state index in [2.05, 4.69) is 25.9 Å². The van der Waals surface area contributed by atoms with Crippen molar-refractivity contribution in [1.29, 1.82) is 0 Å². The van der Waals surface area contributed by atoms with E-state index in [0.29, 0.717) is 11.3 Å². The normalized spacial score (nSPS) is 33.2. The van der Waals surface area contributed by atoms with Crippen LogP contribution in [-0.2, 0) is 0 Å². The highest BCUT2D eigenvalue weighted by molar-refractivity contribution is 5.86. The van der Waals surface area contributed by atoms with Gasteiger partial charge in [-0.1, -0.05) is 32.3 Å². The third kappa shape index (κ3) is 2.23. The molecular weight excluding hydrogens is 150 g/mol. The van der Waals surface area contributed by atoms with E-state index in [1.165, 1.54) is 19.3 Å². The first-order valence-electron chi connectivity index (χ1n) is 4.76. The van der Waals surface area contributed by atoms with Gasteiger partial charge >= 0.3 is 0 Å². The average Bonchev–Trinajstić information content (AvgIpc) is 2.10. The molecule has 1 aliphatic rings. The Morgan fingerprint density at radius 2 is 2.17 bits per heavy atom. The molecule has 70 valence electrons. The molecule has 0 aromatic carbocycles. The highest BCUT2D eigenvalue weighted by atomic mass is 16.4. The maximum Gasteiger partial charge on any atom is 0.0604 e. The Morgan fingerprint density at radius 3 is 2.75 bits per heavy atom. The van der Waals surface area contributed by atoms with Crippen LogP contribution < -0.4 is 0 Å². The Bertz CT molecular complexity index is 184. The summed E-state index contributed by atoms with van der Waals surface area (Å²) in [5.74, 6) is 0.469. The van der Waals surface area contributed by atoms with Gasteiger partial charge in [-0.2, -0.15) is 0 Å². The van der Waals surface area contributed by atoms with Crippen molar-refractivity contribution in [2.24, 2.45) is 16.5 Å². The van der Waals surface area contributed by atoms with E-state index < -0.39 is 0 Å². The summed E-state index contributed by atoms with van der Waals surface area (Å²) in [7, 11) is 0. The molecule has 1 unspecified atom stereocenters. The lowest BCUT2D eigenvalue weighted by atomic mass is 9.84. The van der Waals surface area contributed by atoms with E-state index in [-0.39, 0.29) is 0 Å². The minimum absolute atomic E-state index is 0.326. The SMILES string of the molecule is CC1CCCC(C)(C)CC1=NO. The zero-order valence-electron chi connectivity index (χ0n) is 8.30. The molecule has 1 rings (SSSR count). The van der Waals surface area contributed by atoms with E-state index in [9.17, 15) is 0 Å². The van der Waals surface area contributed by atoms with Gasteiger partial charge in [0.15, 0.2) is 0 Å². The van der Waals surface area contributed by atoms with Crippen molar-refractivity contribution in [2.45, 2.75) is 46.5 Å². The molecular formula is C10H19NO. The minimum Gasteiger partial charge on any atom is -0.411 e. The molecule has 1 aliphatic carbocycles. The predicted molar refractivity (Wildman–Crippen MR) is 50.6 cm³/mol. The van der Waals surface area contributed by atoms with Gasteiger partial charge < -0.3 is 5.21 Å². The van der Waals surface area contributed by atoms with Gasteiger partial charge in [0.05, 0.1) is 5.71 Å². The number of oxime groups is 1. The van der Waals surface area contributed by atoms with Gasteiger partial charge in [0.2, 0.25) is 0 Å². The van der Waals surface area contributed by atoms with Gasteiger partial charge in [-0.3, -0.25) is 0 Å². The zero-order valence-corrected chi connectivity index (χ0v) is 8.30. The smallest absolute Gasteiger partial charge is 0.0604 e. The molecule has 12 heavy (non-hydrogen) atoms. The first kappa shape index (κ1) is 9.56. The van der Waals surface area contributed by atoms with Gasteiger partial charge in [0.1, 0.15) is 0 Å². The summed E-state index contributed by atoms with van der Waals surface area (Å²) in [6.07, 6.45) is 4.62. The second kappa shape index (κ2) is 3.46. The van der Waals surface area contributed by atoms with Crippen LogP contribution in [0.25, 0.3) is 0 Å². The summed E-state index contributed by atoms with van der Waals surface area (Å²) in [5, 5.41) is 12.2. The Morgan fingerprint density at radius 1 is 1.50 bits per heavy atom. The second-order valence-electron chi connectivity index (χ2n) is 4.73. The van der Waals surface area contributed by atoms with Crippen molar-refractivity contribution in [3.8, 4) is 0 Å². The number of rotatable bonds is 0. The Balaban J connectivity index is 2.73. The molecule has 0 bridgehead atoms. The molecule has 0 amide bonds. The molecule has 0 aromatic heterocycles. The average molecular weight is 169 g/mol. The molecule has 1 N–H and O–H groups in total. The van der Waals surface area contributed by atoms with Crippen LogP contribution in [0.2, 0.25) is 0 Å². The van der Waals surface area contributed by atoms with E-state index in [4.69, 9.17) is 5.21 Å².